The van der Waals surface area contributed by atoms with Crippen LogP contribution in [-0.4, -0.2) is 19.8 Å². The Morgan fingerprint density at radius 2 is 0.750 bits per heavy atom. The van der Waals surface area contributed by atoms with Crippen LogP contribution in [0.4, 0.5) is 0 Å². The van der Waals surface area contributed by atoms with Crippen LogP contribution in [0.2, 0.25) is 0 Å². The molecule has 0 amide bonds. The molecular weight excluding hydrogens is 165 g/mol. The fourth-order valence-corrected chi connectivity index (χ4v) is 0. The van der Waals surface area contributed by atoms with Gasteiger partial charge in [-0.15, -0.1) is 0 Å². The van der Waals surface area contributed by atoms with Crippen molar-refractivity contribution in [2.24, 2.45) is 0 Å². The Labute approximate surface area is 48.1 Å². The van der Waals surface area contributed by atoms with Gasteiger partial charge in [0.1, 0.15) is 0 Å². The summed E-state index contributed by atoms with van der Waals surface area (Å²) >= 11 is 0. The average Bonchev–Trinajstić information content (AvgIpc) is 0. The molecule has 0 rings (SSSR count). The van der Waals surface area contributed by atoms with Crippen molar-refractivity contribution >= 4 is 19.8 Å². The molecule has 1 radical (unpaired) electrons. The van der Waals surface area contributed by atoms with Gasteiger partial charge in [0, 0.05) is 0 Å². The first-order valence-electron chi connectivity index (χ1n) is 0. The van der Waals surface area contributed by atoms with Crippen LogP contribution in [0.25, 0.3) is 0 Å². The zero-order chi connectivity index (χ0) is 0. The molecular formula is CuGaO2+. The molecule has 0 aromatic carbocycles. The van der Waals surface area contributed by atoms with Crippen molar-refractivity contribution in [2.45, 2.75) is 0 Å². The normalized spacial score (nSPS) is 0. The molecule has 0 aliphatic heterocycles. The molecule has 4 heavy (non-hydrogen) atoms. The molecule has 0 aromatic rings. The Balaban J connectivity index is 0. The zero-order valence-electron chi connectivity index (χ0n) is 1.70. The zero-order valence-corrected chi connectivity index (χ0v) is 5.06. The Morgan fingerprint density at radius 1 is 0.750 bits per heavy atom. The predicted molar refractivity (Wildman–Crippen MR) is 7.13 cm³/mol. The van der Waals surface area contributed by atoms with E-state index in [2.05, 4.69) is 0 Å². The second-order valence-electron chi connectivity index (χ2n) is 0. The van der Waals surface area contributed by atoms with Crippen LogP contribution in [0.3, 0.4) is 0 Å². The minimum Gasteiger partial charge on any atom is -2.00 e. The monoisotopic (exact) mass is 164 g/mol. The third kappa shape index (κ3) is 11.5. The standard InChI is InChI=1S/Cu.Ga.2O/q+2;+3;2*-2. The molecule has 0 spiro atoms. The molecule has 0 aliphatic carbocycles. The van der Waals surface area contributed by atoms with E-state index in [0.29, 0.717) is 0 Å². The van der Waals surface area contributed by atoms with Gasteiger partial charge in [0.15, 0.2) is 0 Å². The van der Waals surface area contributed by atoms with Crippen LogP contribution in [0.1, 0.15) is 0 Å². The Hall–Kier alpha value is 1.08. The van der Waals surface area contributed by atoms with Crippen molar-refractivity contribution in [3.63, 3.8) is 0 Å². The largest absolute Gasteiger partial charge is 3.00 e. The molecule has 0 saturated carbocycles. The Kier molecular flexibility index (Phi) is 607. The molecule has 0 heterocycles. The average molecular weight is 165 g/mol. The van der Waals surface area contributed by atoms with Crippen LogP contribution in [0.5, 0.6) is 0 Å². The van der Waals surface area contributed by atoms with E-state index in [1.165, 1.54) is 0 Å². The summed E-state index contributed by atoms with van der Waals surface area (Å²) in [6.07, 6.45) is 0. The molecule has 0 saturated heterocycles. The number of rotatable bonds is 0. The summed E-state index contributed by atoms with van der Waals surface area (Å²) in [6.45, 7) is 0. The van der Waals surface area contributed by atoms with E-state index in [1.807, 2.05) is 0 Å². The van der Waals surface area contributed by atoms with Gasteiger partial charge in [0.25, 0.3) is 0 Å². The van der Waals surface area contributed by atoms with E-state index in [0.717, 1.165) is 0 Å². The molecule has 4 heteroatoms. The minimum atomic E-state index is 0. The fraction of sp³-hybridized carbons (Fsp3) is 0. The van der Waals surface area contributed by atoms with Crippen LogP contribution < -0.4 is 0 Å². The summed E-state index contributed by atoms with van der Waals surface area (Å²) in [7, 11) is 0. The smallest absolute Gasteiger partial charge is 2.00 e. The van der Waals surface area contributed by atoms with E-state index >= 15 is 0 Å². The molecule has 0 aliphatic rings. The molecule has 2 nitrogen and oxygen atoms in total. The molecule has 0 atom stereocenters. The maximum absolute atomic E-state index is 0. The van der Waals surface area contributed by atoms with Crippen molar-refractivity contribution in [1.29, 1.82) is 0 Å². The van der Waals surface area contributed by atoms with E-state index in [-0.39, 0.29) is 47.8 Å². The molecule has 0 bridgehead atoms. The van der Waals surface area contributed by atoms with Crippen molar-refractivity contribution in [2.75, 3.05) is 0 Å². The van der Waals surface area contributed by atoms with E-state index in [4.69, 9.17) is 0 Å². The summed E-state index contributed by atoms with van der Waals surface area (Å²) in [6, 6.07) is 0. The molecule has 0 N–H and O–H groups in total. The third-order valence-electron chi connectivity index (χ3n) is 0. The summed E-state index contributed by atoms with van der Waals surface area (Å²) < 4.78 is 0. The van der Waals surface area contributed by atoms with Gasteiger partial charge >= 0.3 is 36.9 Å². The van der Waals surface area contributed by atoms with Crippen molar-refractivity contribution < 1.29 is 28.0 Å². The van der Waals surface area contributed by atoms with E-state index < -0.39 is 0 Å². The van der Waals surface area contributed by atoms with Crippen molar-refractivity contribution in [3.05, 3.63) is 0 Å². The summed E-state index contributed by atoms with van der Waals surface area (Å²) in [5, 5.41) is 0. The number of hydrogen-bond donors (Lipinski definition) is 0. The van der Waals surface area contributed by atoms with Gasteiger partial charge in [-0.05, 0) is 0 Å². The summed E-state index contributed by atoms with van der Waals surface area (Å²) in [5.74, 6) is 0. The fourth-order valence-electron chi connectivity index (χ4n) is 0. The molecule has 0 aromatic heterocycles. The van der Waals surface area contributed by atoms with Crippen LogP contribution in [0.15, 0.2) is 0 Å². The quantitative estimate of drug-likeness (QED) is 0.430. The first kappa shape index (κ1) is 72.9. The van der Waals surface area contributed by atoms with Crippen LogP contribution in [0, 0.1) is 0 Å². The van der Waals surface area contributed by atoms with Gasteiger partial charge in [-0.1, -0.05) is 0 Å². The third-order valence-corrected chi connectivity index (χ3v) is 0. The Morgan fingerprint density at radius 3 is 0.750 bits per heavy atom. The van der Waals surface area contributed by atoms with Crippen LogP contribution in [-0.2, 0) is 28.0 Å². The number of hydrogen-bond acceptors (Lipinski definition) is 0. The summed E-state index contributed by atoms with van der Waals surface area (Å²) in [5.41, 5.74) is 0. The second-order valence-corrected chi connectivity index (χ2v) is 0. The topological polar surface area (TPSA) is 57.0 Å². The van der Waals surface area contributed by atoms with Crippen LogP contribution >= 0.6 is 0 Å². The van der Waals surface area contributed by atoms with Crippen molar-refractivity contribution in [1.82, 2.24) is 0 Å². The summed E-state index contributed by atoms with van der Waals surface area (Å²) in [4.78, 5) is 0. The van der Waals surface area contributed by atoms with Gasteiger partial charge in [-0.3, -0.25) is 0 Å². The minimum absolute atomic E-state index is 0. The molecule has 0 fully saturated rings. The maximum atomic E-state index is 0. The SMILES string of the molecule is [Cu+2].[Ga+3].[O-2].[O-2]. The van der Waals surface area contributed by atoms with Crippen molar-refractivity contribution in [3.8, 4) is 0 Å². The second kappa shape index (κ2) is 33.3. The first-order valence-corrected chi connectivity index (χ1v) is 0. The maximum Gasteiger partial charge on any atom is 3.00 e. The Bertz CT molecular complexity index is 6.00. The van der Waals surface area contributed by atoms with Gasteiger partial charge in [-0.25, -0.2) is 0 Å². The van der Waals surface area contributed by atoms with E-state index in [1.54, 1.807) is 0 Å². The predicted octanol–water partition coefficient (Wildman–Crippen LogP) is -0.621. The van der Waals surface area contributed by atoms with E-state index in [9.17, 15) is 0 Å². The molecule has 25 valence electrons. The molecule has 0 unspecified atom stereocenters. The van der Waals surface area contributed by atoms with Gasteiger partial charge in [0.05, 0.1) is 0 Å². The first-order chi connectivity index (χ1) is 0. The van der Waals surface area contributed by atoms with Gasteiger partial charge in [-0.2, -0.15) is 0 Å². The van der Waals surface area contributed by atoms with Gasteiger partial charge < -0.3 is 11.0 Å². The van der Waals surface area contributed by atoms with Gasteiger partial charge in [0.2, 0.25) is 0 Å².